The van der Waals surface area contributed by atoms with E-state index in [0.29, 0.717) is 0 Å². The van der Waals surface area contributed by atoms with Crippen LogP contribution in [-0.2, 0) is 18.9 Å². The van der Waals surface area contributed by atoms with Crippen molar-refractivity contribution in [3.63, 3.8) is 0 Å². The van der Waals surface area contributed by atoms with E-state index in [1.807, 2.05) is 20.8 Å². The van der Waals surface area contributed by atoms with Crippen molar-refractivity contribution in [1.29, 1.82) is 0 Å². The lowest BCUT2D eigenvalue weighted by molar-refractivity contribution is -0.0294. The molecule has 11 heteroatoms. The Hall–Kier alpha value is -2.11. The lowest BCUT2D eigenvalue weighted by atomic mass is 10.2. The van der Waals surface area contributed by atoms with Crippen LogP contribution in [-0.4, -0.2) is 75.5 Å². The molecule has 216 valence electrons. The fraction of sp³-hybridized carbons (Fsp3) is 0.880. The van der Waals surface area contributed by atoms with E-state index in [-0.39, 0.29) is 11.7 Å². The van der Waals surface area contributed by atoms with Crippen LogP contribution in [0.25, 0.3) is 0 Å². The van der Waals surface area contributed by atoms with Gasteiger partial charge in [-0.3, -0.25) is 0 Å². The van der Waals surface area contributed by atoms with Gasteiger partial charge in [0.05, 0.1) is 0 Å². The molecule has 0 aliphatic carbocycles. The third-order valence-electron chi connectivity index (χ3n) is 3.46. The molecule has 0 saturated carbocycles. The van der Waals surface area contributed by atoms with Crippen LogP contribution in [0.15, 0.2) is 0 Å². The third kappa shape index (κ3) is 36.5. The molecule has 2 fully saturated rings. The lowest BCUT2D eigenvalue weighted by Gasteiger charge is -2.20. The topological polar surface area (TPSA) is 150 Å². The molecule has 1 amide bonds. The van der Waals surface area contributed by atoms with Crippen molar-refractivity contribution in [1.82, 2.24) is 16.0 Å². The van der Waals surface area contributed by atoms with Gasteiger partial charge < -0.3 is 40.6 Å². The van der Waals surface area contributed by atoms with E-state index < -0.39 is 23.5 Å². The molecule has 2 heterocycles. The number of alkyl carbamates (subject to hydrolysis) is 1. The van der Waals surface area contributed by atoms with Gasteiger partial charge in [0.1, 0.15) is 16.8 Å². The Balaban J connectivity index is -0.000000434. The highest BCUT2D eigenvalue weighted by Crippen LogP contribution is 2.11. The van der Waals surface area contributed by atoms with E-state index >= 15 is 0 Å². The smallest absolute Gasteiger partial charge is 0.444 e. The molecule has 2 rings (SSSR count). The average Bonchev–Trinajstić information content (AvgIpc) is 3.44. The normalized spacial score (nSPS) is 14.4. The SMILES string of the molecule is C1CCNC1.C1CCNC1.CC(C)(C)OC(=O)OC(=O)OC(C)(C)C.CN.CNC(=O)OC(C)(C)C. The molecule has 0 atom stereocenters. The number of carbonyl (C=O) groups excluding carboxylic acids is 3. The Kier molecular flexibility index (Phi) is 22.4. The van der Waals surface area contributed by atoms with E-state index in [4.69, 9.17) is 14.2 Å². The van der Waals surface area contributed by atoms with Crippen LogP contribution in [0.4, 0.5) is 14.4 Å². The minimum atomic E-state index is -1.06. The van der Waals surface area contributed by atoms with Gasteiger partial charge in [-0.15, -0.1) is 0 Å². The molecule has 2 aliphatic rings. The minimum Gasteiger partial charge on any atom is -0.444 e. The van der Waals surface area contributed by atoms with Gasteiger partial charge in [-0.1, -0.05) is 0 Å². The zero-order valence-corrected chi connectivity index (χ0v) is 24.6. The molecule has 0 aromatic carbocycles. The quantitative estimate of drug-likeness (QED) is 0.206. The first-order chi connectivity index (χ1) is 16.4. The molecule has 0 spiro atoms. The largest absolute Gasteiger partial charge is 0.519 e. The summed E-state index contributed by atoms with van der Waals surface area (Å²) in [6.45, 7) is 20.5. The maximum atomic E-state index is 11.0. The molecule has 0 unspecified atom stereocenters. The van der Waals surface area contributed by atoms with Crippen LogP contribution < -0.4 is 21.7 Å². The van der Waals surface area contributed by atoms with Crippen molar-refractivity contribution in [3.05, 3.63) is 0 Å². The molecule has 0 bridgehead atoms. The van der Waals surface area contributed by atoms with E-state index in [2.05, 4.69) is 26.4 Å². The van der Waals surface area contributed by atoms with E-state index in [1.165, 1.54) is 66.0 Å². The lowest BCUT2D eigenvalue weighted by Crippen LogP contribution is -2.30. The van der Waals surface area contributed by atoms with Crippen molar-refractivity contribution in [2.45, 2.75) is 105 Å². The van der Waals surface area contributed by atoms with Gasteiger partial charge in [-0.2, -0.15) is 0 Å². The summed E-state index contributed by atoms with van der Waals surface area (Å²) in [6, 6.07) is 0. The van der Waals surface area contributed by atoms with Gasteiger partial charge in [0.25, 0.3) is 0 Å². The number of hydrogen-bond donors (Lipinski definition) is 4. The zero-order valence-electron chi connectivity index (χ0n) is 24.6. The molecule has 2 aliphatic heterocycles. The predicted molar refractivity (Wildman–Crippen MR) is 143 cm³/mol. The number of carbonyl (C=O) groups is 3. The average molecular weight is 523 g/mol. The van der Waals surface area contributed by atoms with Crippen molar-refractivity contribution in [2.75, 3.05) is 40.3 Å². The molecule has 0 radical (unpaired) electrons. The highest BCUT2D eigenvalue weighted by molar-refractivity contribution is 5.77. The molecule has 36 heavy (non-hydrogen) atoms. The summed E-state index contributed by atoms with van der Waals surface area (Å²) in [5.74, 6) is 0. The fourth-order valence-corrected chi connectivity index (χ4v) is 2.19. The third-order valence-corrected chi connectivity index (χ3v) is 3.46. The summed E-state index contributed by atoms with van der Waals surface area (Å²) in [7, 11) is 3.04. The van der Waals surface area contributed by atoms with Gasteiger partial charge in [0, 0.05) is 7.05 Å². The zero-order chi connectivity index (χ0) is 28.8. The second kappa shape index (κ2) is 21.0. The number of ether oxygens (including phenoxy) is 4. The van der Waals surface area contributed by atoms with Gasteiger partial charge in [0.2, 0.25) is 0 Å². The Labute approximate surface area is 218 Å². The Bertz CT molecular complexity index is 521. The van der Waals surface area contributed by atoms with E-state index in [9.17, 15) is 14.4 Å². The summed E-state index contributed by atoms with van der Waals surface area (Å²) >= 11 is 0. The second-order valence-electron chi connectivity index (χ2n) is 10.7. The standard InChI is InChI=1S/C10H18O5.C6H13NO2.2C4H9N.CH5N/c1-9(2,3)14-7(11)13-8(12)15-10(4,5)6;1-6(2,3)9-5(8)7-4;2*1-2-4-5-3-1;1-2/h1-6H3;1-4H3,(H,7,8);2*5H,1-4H2;2H2,1H3. The maximum Gasteiger partial charge on any atom is 0.519 e. The van der Waals surface area contributed by atoms with Crippen LogP contribution in [0.5, 0.6) is 0 Å². The summed E-state index contributed by atoms with van der Waals surface area (Å²) in [5, 5.41) is 8.80. The number of rotatable bonds is 0. The number of nitrogens with two attached hydrogens (primary N) is 1. The van der Waals surface area contributed by atoms with Gasteiger partial charge >= 0.3 is 18.4 Å². The first-order valence-electron chi connectivity index (χ1n) is 12.5. The minimum absolute atomic E-state index is 0.387. The molecular formula is C25H54N4O7. The van der Waals surface area contributed by atoms with Crippen molar-refractivity contribution in [3.8, 4) is 0 Å². The van der Waals surface area contributed by atoms with Crippen molar-refractivity contribution in [2.24, 2.45) is 5.73 Å². The highest BCUT2D eigenvalue weighted by atomic mass is 16.8. The van der Waals surface area contributed by atoms with Gasteiger partial charge in [-0.25, -0.2) is 14.4 Å². The van der Waals surface area contributed by atoms with Gasteiger partial charge in [0.15, 0.2) is 0 Å². The Morgan fingerprint density at radius 2 is 0.889 bits per heavy atom. The van der Waals surface area contributed by atoms with Crippen LogP contribution in [0, 0.1) is 0 Å². The molecule has 2 saturated heterocycles. The van der Waals surface area contributed by atoms with E-state index in [0.717, 1.165) is 0 Å². The molecule has 11 nitrogen and oxygen atoms in total. The number of hydrogen-bond acceptors (Lipinski definition) is 10. The maximum absolute atomic E-state index is 11.0. The van der Waals surface area contributed by atoms with Crippen molar-refractivity contribution < 1.29 is 33.3 Å². The Morgan fingerprint density at radius 3 is 1.03 bits per heavy atom. The summed E-state index contributed by atoms with van der Waals surface area (Å²) in [6.07, 6.45) is 3.05. The number of amides is 1. The summed E-state index contributed by atoms with van der Waals surface area (Å²) in [4.78, 5) is 32.5. The first kappa shape index (κ1) is 38.4. The summed E-state index contributed by atoms with van der Waals surface area (Å²) in [5.41, 5.74) is 2.72. The Morgan fingerprint density at radius 1 is 0.611 bits per heavy atom. The van der Waals surface area contributed by atoms with Crippen LogP contribution in [0.1, 0.15) is 88.0 Å². The fourth-order valence-electron chi connectivity index (χ4n) is 2.19. The predicted octanol–water partition coefficient (Wildman–Crippen LogP) is 4.33. The van der Waals surface area contributed by atoms with Crippen molar-refractivity contribution >= 4 is 18.4 Å². The highest BCUT2D eigenvalue weighted by Gasteiger charge is 2.24. The van der Waals surface area contributed by atoms with E-state index in [1.54, 1.807) is 41.5 Å². The monoisotopic (exact) mass is 522 g/mol. The molecular weight excluding hydrogens is 468 g/mol. The van der Waals surface area contributed by atoms with Crippen LogP contribution >= 0.6 is 0 Å². The molecule has 0 aromatic rings. The molecule has 0 aromatic heterocycles. The first-order valence-corrected chi connectivity index (χ1v) is 12.5. The summed E-state index contributed by atoms with van der Waals surface area (Å²) < 4.78 is 18.6. The van der Waals surface area contributed by atoms with Crippen LogP contribution in [0.2, 0.25) is 0 Å². The number of nitrogens with one attached hydrogen (secondary N) is 3. The van der Waals surface area contributed by atoms with Gasteiger partial charge in [-0.05, 0) is 121 Å². The molecule has 5 N–H and O–H groups in total. The second-order valence-corrected chi connectivity index (χ2v) is 10.7. The van der Waals surface area contributed by atoms with Crippen LogP contribution in [0.3, 0.4) is 0 Å².